The van der Waals surface area contributed by atoms with Gasteiger partial charge in [-0.2, -0.15) is 0 Å². The van der Waals surface area contributed by atoms with Crippen molar-refractivity contribution < 1.29 is 9.72 Å². The number of nitrogens with one attached hydrogen (secondary N) is 1. The van der Waals surface area contributed by atoms with Crippen molar-refractivity contribution in [3.8, 4) is 0 Å². The number of hydrogen-bond acceptors (Lipinski definition) is 3. The Balaban J connectivity index is 2.80. The third-order valence-electron chi connectivity index (χ3n) is 2.89. The Morgan fingerprint density at radius 1 is 1.45 bits per heavy atom. The average molecular weight is 343 g/mol. The van der Waals surface area contributed by atoms with Gasteiger partial charge < -0.3 is 5.32 Å². The Kier molecular flexibility index (Phi) is 6.13. The fourth-order valence-electron chi connectivity index (χ4n) is 1.99. The summed E-state index contributed by atoms with van der Waals surface area (Å²) in [6, 6.07) is 4.62. The minimum absolute atomic E-state index is 0.141. The molecule has 20 heavy (non-hydrogen) atoms. The molecule has 0 aliphatic carbocycles. The number of carbonyl (C=O) groups is 1. The molecule has 5 nitrogen and oxygen atoms in total. The molecule has 1 aromatic carbocycles. The molecule has 1 amide bonds. The second-order valence-electron chi connectivity index (χ2n) is 5.16. The minimum Gasteiger partial charge on any atom is -0.351 e. The fraction of sp³-hybridized carbons (Fsp3) is 0.500. The summed E-state index contributed by atoms with van der Waals surface area (Å²) in [5.41, 5.74) is 0.589. The Morgan fingerprint density at radius 2 is 2.10 bits per heavy atom. The van der Waals surface area contributed by atoms with Gasteiger partial charge in [0, 0.05) is 17.4 Å². The van der Waals surface area contributed by atoms with Crippen molar-refractivity contribution in [1.82, 2.24) is 5.32 Å². The van der Waals surface area contributed by atoms with E-state index < -0.39 is 10.8 Å². The monoisotopic (exact) mass is 342 g/mol. The maximum Gasteiger partial charge on any atom is 0.282 e. The summed E-state index contributed by atoms with van der Waals surface area (Å²) in [5, 5.41) is 13.7. The zero-order valence-corrected chi connectivity index (χ0v) is 13.4. The van der Waals surface area contributed by atoms with Crippen LogP contribution < -0.4 is 5.32 Å². The first-order chi connectivity index (χ1) is 9.32. The second kappa shape index (κ2) is 7.38. The molecule has 1 atom stereocenters. The lowest BCUT2D eigenvalue weighted by molar-refractivity contribution is -0.385. The van der Waals surface area contributed by atoms with E-state index in [4.69, 9.17) is 0 Å². The number of nitro groups is 1. The summed E-state index contributed by atoms with van der Waals surface area (Å²) in [6.07, 6.45) is 0.927. The van der Waals surface area contributed by atoms with Crippen molar-refractivity contribution in [2.24, 2.45) is 5.92 Å². The number of hydrogen-bond donors (Lipinski definition) is 1. The Morgan fingerprint density at radius 3 is 2.65 bits per heavy atom. The zero-order valence-electron chi connectivity index (χ0n) is 11.9. The average Bonchev–Trinajstić information content (AvgIpc) is 2.34. The first kappa shape index (κ1) is 16.6. The smallest absolute Gasteiger partial charge is 0.282 e. The molecule has 0 saturated carbocycles. The molecule has 1 N–H and O–H groups in total. The maximum absolute atomic E-state index is 12.1. The van der Waals surface area contributed by atoms with E-state index in [1.165, 1.54) is 6.07 Å². The van der Waals surface area contributed by atoms with E-state index in [0.29, 0.717) is 18.0 Å². The number of carbonyl (C=O) groups excluding carboxylic acids is 1. The van der Waals surface area contributed by atoms with Crippen LogP contribution in [0.25, 0.3) is 0 Å². The summed E-state index contributed by atoms with van der Waals surface area (Å²) in [5.74, 6) is 0.118. The summed E-state index contributed by atoms with van der Waals surface area (Å²) in [7, 11) is 0. The zero-order chi connectivity index (χ0) is 15.3. The molecular weight excluding hydrogens is 324 g/mol. The topological polar surface area (TPSA) is 72.2 Å². The molecule has 6 heteroatoms. The quantitative estimate of drug-likeness (QED) is 0.489. The molecule has 1 aromatic rings. The van der Waals surface area contributed by atoms with E-state index in [2.05, 4.69) is 35.1 Å². The third-order valence-corrected chi connectivity index (χ3v) is 3.58. The SMILES string of the molecule is Cc1cccc([N+](=O)[O-])c1C(=O)NCC(Br)CC(C)C. The molecule has 0 aliphatic rings. The van der Waals surface area contributed by atoms with Crippen molar-refractivity contribution >= 4 is 27.5 Å². The summed E-state index contributed by atoms with van der Waals surface area (Å²) >= 11 is 3.50. The molecule has 0 aliphatic heterocycles. The molecular formula is C14H19BrN2O3. The van der Waals surface area contributed by atoms with Gasteiger partial charge in [0.05, 0.1) is 4.92 Å². The van der Waals surface area contributed by atoms with Crippen LogP contribution >= 0.6 is 15.9 Å². The first-order valence-electron chi connectivity index (χ1n) is 6.49. The van der Waals surface area contributed by atoms with Gasteiger partial charge in [-0.3, -0.25) is 14.9 Å². The molecule has 1 unspecified atom stereocenters. The van der Waals surface area contributed by atoms with Crippen LogP contribution in [0.15, 0.2) is 18.2 Å². The van der Waals surface area contributed by atoms with Gasteiger partial charge in [-0.05, 0) is 24.8 Å². The van der Waals surface area contributed by atoms with E-state index in [9.17, 15) is 14.9 Å². The van der Waals surface area contributed by atoms with Gasteiger partial charge in [0.25, 0.3) is 11.6 Å². The van der Waals surface area contributed by atoms with Crippen LogP contribution in [-0.2, 0) is 0 Å². The maximum atomic E-state index is 12.1. The van der Waals surface area contributed by atoms with E-state index in [-0.39, 0.29) is 16.1 Å². The number of benzene rings is 1. The van der Waals surface area contributed by atoms with E-state index in [1.54, 1.807) is 19.1 Å². The summed E-state index contributed by atoms with van der Waals surface area (Å²) in [4.78, 5) is 22.8. The lowest BCUT2D eigenvalue weighted by atomic mass is 10.1. The third kappa shape index (κ3) is 4.59. The van der Waals surface area contributed by atoms with Crippen molar-refractivity contribution in [2.45, 2.75) is 32.0 Å². The van der Waals surface area contributed by atoms with Gasteiger partial charge in [0.2, 0.25) is 0 Å². The number of nitro benzene ring substituents is 1. The number of halogens is 1. The number of rotatable bonds is 6. The molecule has 0 radical (unpaired) electrons. The van der Waals surface area contributed by atoms with Crippen LogP contribution in [0, 0.1) is 23.0 Å². The van der Waals surface area contributed by atoms with Crippen molar-refractivity contribution in [2.75, 3.05) is 6.54 Å². The van der Waals surface area contributed by atoms with Gasteiger partial charge in [-0.1, -0.05) is 41.9 Å². The van der Waals surface area contributed by atoms with Crippen LogP contribution in [-0.4, -0.2) is 22.2 Å². The highest BCUT2D eigenvalue weighted by Crippen LogP contribution is 2.21. The Labute approximate surface area is 127 Å². The number of nitrogens with zero attached hydrogens (tertiary/aromatic N) is 1. The fourth-order valence-corrected chi connectivity index (χ4v) is 2.90. The highest BCUT2D eigenvalue weighted by Gasteiger charge is 2.22. The van der Waals surface area contributed by atoms with Gasteiger partial charge in [0.1, 0.15) is 5.56 Å². The molecule has 110 valence electrons. The van der Waals surface area contributed by atoms with Gasteiger partial charge in [0.15, 0.2) is 0 Å². The van der Waals surface area contributed by atoms with Crippen LogP contribution in [0.1, 0.15) is 36.2 Å². The van der Waals surface area contributed by atoms with Crippen LogP contribution in [0.5, 0.6) is 0 Å². The molecule has 0 spiro atoms. The Bertz CT molecular complexity index is 503. The highest BCUT2D eigenvalue weighted by molar-refractivity contribution is 9.09. The predicted molar refractivity (Wildman–Crippen MR) is 82.3 cm³/mol. The lowest BCUT2D eigenvalue weighted by Crippen LogP contribution is -2.31. The molecule has 0 saturated heterocycles. The summed E-state index contributed by atoms with van der Waals surface area (Å²) in [6.45, 7) is 6.34. The minimum atomic E-state index is -0.526. The van der Waals surface area contributed by atoms with E-state index >= 15 is 0 Å². The van der Waals surface area contributed by atoms with Crippen LogP contribution in [0.4, 0.5) is 5.69 Å². The van der Waals surface area contributed by atoms with Crippen molar-refractivity contribution in [3.05, 3.63) is 39.4 Å². The van der Waals surface area contributed by atoms with Crippen molar-refractivity contribution in [3.63, 3.8) is 0 Å². The van der Waals surface area contributed by atoms with Gasteiger partial charge in [-0.15, -0.1) is 0 Å². The molecule has 0 aromatic heterocycles. The van der Waals surface area contributed by atoms with E-state index in [1.807, 2.05) is 0 Å². The predicted octanol–water partition coefficient (Wildman–Crippen LogP) is 3.44. The summed E-state index contributed by atoms with van der Waals surface area (Å²) < 4.78 is 0. The van der Waals surface area contributed by atoms with Gasteiger partial charge in [-0.25, -0.2) is 0 Å². The molecule has 0 bridgehead atoms. The number of alkyl halides is 1. The number of aryl methyl sites for hydroxylation is 1. The standard InChI is InChI=1S/C14H19BrN2O3/c1-9(2)7-11(15)8-16-14(18)13-10(3)5-4-6-12(13)17(19)20/h4-6,9,11H,7-8H2,1-3H3,(H,16,18). The lowest BCUT2D eigenvalue weighted by Gasteiger charge is -2.14. The van der Waals surface area contributed by atoms with Crippen LogP contribution in [0.3, 0.4) is 0 Å². The van der Waals surface area contributed by atoms with Crippen molar-refractivity contribution in [1.29, 1.82) is 0 Å². The van der Waals surface area contributed by atoms with E-state index in [0.717, 1.165) is 6.42 Å². The normalized spacial score (nSPS) is 12.2. The highest BCUT2D eigenvalue weighted by atomic mass is 79.9. The number of amides is 1. The first-order valence-corrected chi connectivity index (χ1v) is 7.40. The van der Waals surface area contributed by atoms with Crippen LogP contribution in [0.2, 0.25) is 0 Å². The molecule has 1 rings (SSSR count). The second-order valence-corrected chi connectivity index (χ2v) is 6.46. The molecule has 0 heterocycles. The Hall–Kier alpha value is -1.43. The van der Waals surface area contributed by atoms with Gasteiger partial charge >= 0.3 is 0 Å². The molecule has 0 fully saturated rings. The largest absolute Gasteiger partial charge is 0.351 e.